The second-order valence-electron chi connectivity index (χ2n) is 7.56. The normalized spacial score (nSPS) is 29.5. The maximum absolute atomic E-state index is 13.1. The third kappa shape index (κ3) is 2.86. The summed E-state index contributed by atoms with van der Waals surface area (Å²) in [5.74, 6) is 0.0786. The van der Waals surface area contributed by atoms with Crippen molar-refractivity contribution in [2.24, 2.45) is 11.8 Å². The second-order valence-corrected chi connectivity index (χ2v) is 9.50. The molecule has 1 N–H and O–H groups in total. The highest BCUT2D eigenvalue weighted by molar-refractivity contribution is 7.89. The third-order valence-corrected chi connectivity index (χ3v) is 7.82. The Hall–Kier alpha value is -1.76. The Bertz CT molecular complexity index is 883. The molecule has 0 bridgehead atoms. The number of benzene rings is 1. The van der Waals surface area contributed by atoms with Crippen LogP contribution >= 0.6 is 0 Å². The molecule has 1 aliphatic heterocycles. The second kappa shape index (κ2) is 6.44. The van der Waals surface area contributed by atoms with Gasteiger partial charge in [0.05, 0.1) is 10.5 Å². The fourth-order valence-electron chi connectivity index (χ4n) is 4.52. The first-order valence-corrected chi connectivity index (χ1v) is 10.5. The van der Waals surface area contributed by atoms with Gasteiger partial charge in [-0.1, -0.05) is 23.8 Å². The molecule has 1 aromatic carbocycles. The maximum atomic E-state index is 13.1. The highest BCUT2D eigenvalue weighted by atomic mass is 32.2. The van der Waals surface area contributed by atoms with Gasteiger partial charge in [0.2, 0.25) is 10.0 Å². The molecule has 2 aliphatic rings. The average molecular weight is 372 g/mol. The first kappa shape index (κ1) is 17.6. The summed E-state index contributed by atoms with van der Waals surface area (Å²) in [7, 11) is -3.54. The molecule has 0 amide bonds. The molecule has 6 heteroatoms. The lowest BCUT2D eigenvalue weighted by atomic mass is 9.68. The van der Waals surface area contributed by atoms with Crippen molar-refractivity contribution in [2.45, 2.75) is 36.7 Å². The van der Waals surface area contributed by atoms with E-state index in [4.69, 9.17) is 0 Å². The summed E-state index contributed by atoms with van der Waals surface area (Å²) >= 11 is 0. The SMILES string of the molecule is Cc1ccc(S(=O)(=O)N2C[C@H]3CCC[C@](O)(c4cccnc4)[C@@H]3C2)cc1. The van der Waals surface area contributed by atoms with Crippen LogP contribution in [0.3, 0.4) is 0 Å². The summed E-state index contributed by atoms with van der Waals surface area (Å²) in [6.07, 6.45) is 5.89. The van der Waals surface area contributed by atoms with E-state index in [9.17, 15) is 13.5 Å². The minimum Gasteiger partial charge on any atom is -0.385 e. The van der Waals surface area contributed by atoms with E-state index in [1.165, 1.54) is 0 Å². The molecule has 2 aromatic rings. The largest absolute Gasteiger partial charge is 0.385 e. The van der Waals surface area contributed by atoms with Crippen molar-refractivity contribution in [1.82, 2.24) is 9.29 Å². The van der Waals surface area contributed by atoms with E-state index in [1.54, 1.807) is 28.8 Å². The van der Waals surface area contributed by atoms with Gasteiger partial charge in [-0.05, 0) is 50.3 Å². The molecule has 2 heterocycles. The van der Waals surface area contributed by atoms with Gasteiger partial charge in [0.25, 0.3) is 0 Å². The van der Waals surface area contributed by atoms with Crippen LogP contribution in [-0.4, -0.2) is 35.9 Å². The number of fused-ring (bicyclic) bond motifs is 1. The molecule has 0 radical (unpaired) electrons. The predicted octanol–water partition coefficient (Wildman–Crippen LogP) is 2.70. The van der Waals surface area contributed by atoms with Gasteiger partial charge in [0, 0.05) is 37.0 Å². The summed E-state index contributed by atoms with van der Waals surface area (Å²) in [6.45, 7) is 2.77. The number of aromatic nitrogens is 1. The molecular formula is C20H24N2O3S. The molecule has 5 nitrogen and oxygen atoms in total. The Kier molecular flexibility index (Phi) is 4.37. The van der Waals surface area contributed by atoms with E-state index in [-0.39, 0.29) is 11.8 Å². The summed E-state index contributed by atoms with van der Waals surface area (Å²) in [5, 5.41) is 11.4. The average Bonchev–Trinajstić information content (AvgIpc) is 3.10. The number of aryl methyl sites for hydroxylation is 1. The number of aliphatic hydroxyl groups is 1. The van der Waals surface area contributed by atoms with Crippen LogP contribution in [0, 0.1) is 18.8 Å². The lowest BCUT2D eigenvalue weighted by molar-refractivity contribution is -0.0643. The summed E-state index contributed by atoms with van der Waals surface area (Å²) in [5.41, 5.74) is 0.823. The molecule has 1 aliphatic carbocycles. The Morgan fingerprint density at radius 1 is 1.19 bits per heavy atom. The molecule has 2 fully saturated rings. The molecular weight excluding hydrogens is 348 g/mol. The Labute approximate surface area is 154 Å². The van der Waals surface area contributed by atoms with Gasteiger partial charge in [-0.3, -0.25) is 4.98 Å². The molecule has 0 unspecified atom stereocenters. The van der Waals surface area contributed by atoms with E-state index < -0.39 is 15.6 Å². The number of sulfonamides is 1. The predicted molar refractivity (Wildman–Crippen MR) is 98.9 cm³/mol. The molecule has 1 aromatic heterocycles. The Morgan fingerprint density at radius 3 is 2.65 bits per heavy atom. The molecule has 4 rings (SSSR count). The molecule has 1 saturated carbocycles. The van der Waals surface area contributed by atoms with E-state index >= 15 is 0 Å². The molecule has 138 valence electrons. The van der Waals surface area contributed by atoms with Crippen molar-refractivity contribution in [3.8, 4) is 0 Å². The molecule has 26 heavy (non-hydrogen) atoms. The summed E-state index contributed by atoms with van der Waals surface area (Å²) < 4.78 is 27.7. The number of nitrogens with zero attached hydrogens (tertiary/aromatic N) is 2. The van der Waals surface area contributed by atoms with Crippen LogP contribution < -0.4 is 0 Å². The zero-order valence-corrected chi connectivity index (χ0v) is 15.7. The van der Waals surface area contributed by atoms with Gasteiger partial charge in [-0.25, -0.2) is 8.42 Å². The first-order valence-electron chi connectivity index (χ1n) is 9.11. The first-order chi connectivity index (χ1) is 12.4. The van der Waals surface area contributed by atoms with Crippen LogP contribution in [-0.2, 0) is 15.6 Å². The van der Waals surface area contributed by atoms with Crippen molar-refractivity contribution in [3.05, 3.63) is 59.9 Å². The minimum atomic E-state index is -3.54. The van der Waals surface area contributed by atoms with Gasteiger partial charge in [-0.15, -0.1) is 0 Å². The number of hydrogen-bond donors (Lipinski definition) is 1. The quantitative estimate of drug-likeness (QED) is 0.899. The van der Waals surface area contributed by atoms with Gasteiger partial charge < -0.3 is 5.11 Å². The van der Waals surface area contributed by atoms with Crippen LogP contribution in [0.25, 0.3) is 0 Å². The maximum Gasteiger partial charge on any atom is 0.243 e. The smallest absolute Gasteiger partial charge is 0.243 e. The molecule has 3 atom stereocenters. The monoisotopic (exact) mass is 372 g/mol. The van der Waals surface area contributed by atoms with Crippen molar-refractivity contribution in [2.75, 3.05) is 13.1 Å². The van der Waals surface area contributed by atoms with E-state index in [2.05, 4.69) is 4.98 Å². The van der Waals surface area contributed by atoms with Gasteiger partial charge in [-0.2, -0.15) is 4.31 Å². The van der Waals surface area contributed by atoms with Crippen LogP contribution in [0.4, 0.5) is 0 Å². The van der Waals surface area contributed by atoms with Gasteiger partial charge in [0.15, 0.2) is 0 Å². The third-order valence-electron chi connectivity index (χ3n) is 5.97. The lowest BCUT2D eigenvalue weighted by Gasteiger charge is -2.41. The van der Waals surface area contributed by atoms with E-state index in [0.29, 0.717) is 24.4 Å². The van der Waals surface area contributed by atoms with Crippen molar-refractivity contribution >= 4 is 10.0 Å². The Morgan fingerprint density at radius 2 is 1.96 bits per heavy atom. The number of hydrogen-bond acceptors (Lipinski definition) is 4. The zero-order chi connectivity index (χ0) is 18.4. The topological polar surface area (TPSA) is 70.5 Å². The zero-order valence-electron chi connectivity index (χ0n) is 14.9. The van der Waals surface area contributed by atoms with E-state index in [0.717, 1.165) is 24.0 Å². The van der Waals surface area contributed by atoms with Crippen LogP contribution in [0.5, 0.6) is 0 Å². The van der Waals surface area contributed by atoms with Crippen molar-refractivity contribution < 1.29 is 13.5 Å². The highest BCUT2D eigenvalue weighted by Gasteiger charge is 2.52. The fourth-order valence-corrected chi connectivity index (χ4v) is 6.04. The van der Waals surface area contributed by atoms with E-state index in [1.807, 2.05) is 31.2 Å². The van der Waals surface area contributed by atoms with Crippen LogP contribution in [0.15, 0.2) is 53.7 Å². The molecule has 0 spiro atoms. The number of pyridine rings is 1. The van der Waals surface area contributed by atoms with Crippen LogP contribution in [0.2, 0.25) is 0 Å². The Balaban J connectivity index is 1.65. The number of rotatable bonds is 3. The van der Waals surface area contributed by atoms with Crippen molar-refractivity contribution in [3.63, 3.8) is 0 Å². The lowest BCUT2D eigenvalue weighted by Crippen LogP contribution is -2.43. The van der Waals surface area contributed by atoms with Gasteiger partial charge >= 0.3 is 0 Å². The highest BCUT2D eigenvalue weighted by Crippen LogP contribution is 2.48. The summed E-state index contributed by atoms with van der Waals surface area (Å²) in [4.78, 5) is 4.48. The molecule has 1 saturated heterocycles. The fraction of sp³-hybridized carbons (Fsp3) is 0.450. The van der Waals surface area contributed by atoms with Crippen molar-refractivity contribution in [1.29, 1.82) is 0 Å². The standard InChI is InChI=1S/C20H24N2O3S/c1-15-6-8-18(9-7-15)26(24,25)22-13-16-4-2-10-20(23,19(16)14-22)17-5-3-11-21-12-17/h3,5-9,11-12,16,19,23H,2,4,10,13-14H2,1H3/t16-,19-,20+/m1/s1. The summed E-state index contributed by atoms with van der Waals surface area (Å²) in [6, 6.07) is 10.7. The van der Waals surface area contributed by atoms with Gasteiger partial charge in [0.1, 0.15) is 0 Å². The minimum absolute atomic E-state index is 0.0966. The van der Waals surface area contributed by atoms with Crippen LogP contribution in [0.1, 0.15) is 30.4 Å².